The molecule has 2 aromatic carbocycles. The van der Waals surface area contributed by atoms with E-state index in [-0.39, 0.29) is 17.7 Å². The summed E-state index contributed by atoms with van der Waals surface area (Å²) in [5, 5.41) is 0.611. The molecule has 0 aliphatic carbocycles. The average Bonchev–Trinajstić information content (AvgIpc) is 3.13. The van der Waals surface area contributed by atoms with Crippen LogP contribution in [0, 0.1) is 0 Å². The lowest BCUT2D eigenvalue weighted by Crippen LogP contribution is -2.40. The van der Waals surface area contributed by atoms with Crippen LogP contribution in [0.15, 0.2) is 63.5 Å². The molecule has 0 radical (unpaired) electrons. The highest BCUT2D eigenvalue weighted by Gasteiger charge is 2.35. The zero-order valence-electron chi connectivity index (χ0n) is 19.1. The molecule has 7 nitrogen and oxygen atoms in total. The van der Waals surface area contributed by atoms with Crippen molar-refractivity contribution in [3.05, 3.63) is 89.6 Å². The molecule has 0 N–H and O–H groups in total. The summed E-state index contributed by atoms with van der Waals surface area (Å²) in [4.78, 5) is 31.7. The van der Waals surface area contributed by atoms with E-state index in [0.29, 0.717) is 37.1 Å². The molecule has 0 saturated carbocycles. The van der Waals surface area contributed by atoms with E-state index in [4.69, 9.17) is 25.8 Å². The number of thiazole rings is 1. The number of hydrogen-bond donors (Lipinski definition) is 0. The van der Waals surface area contributed by atoms with Crippen LogP contribution in [-0.2, 0) is 9.53 Å². The van der Waals surface area contributed by atoms with Crippen LogP contribution in [0.1, 0.15) is 31.0 Å². The third kappa shape index (κ3) is 4.38. The maximum absolute atomic E-state index is 13.6. The van der Waals surface area contributed by atoms with E-state index >= 15 is 0 Å². The summed E-state index contributed by atoms with van der Waals surface area (Å²) in [5.41, 5.74) is 1.96. The molecule has 34 heavy (non-hydrogen) atoms. The smallest absolute Gasteiger partial charge is 0.338 e. The Morgan fingerprint density at radius 1 is 1.18 bits per heavy atom. The van der Waals surface area contributed by atoms with Crippen molar-refractivity contribution in [3.8, 4) is 11.5 Å². The normalized spacial score (nSPS) is 15.6. The van der Waals surface area contributed by atoms with Crippen molar-refractivity contribution in [1.82, 2.24) is 4.57 Å². The van der Waals surface area contributed by atoms with Crippen LogP contribution >= 0.6 is 22.9 Å². The fraction of sp³-hybridized carbons (Fsp3) is 0.240. The molecule has 1 aromatic heterocycles. The molecular formula is C25H23ClN2O5S. The van der Waals surface area contributed by atoms with Gasteiger partial charge in [0.1, 0.15) is 17.5 Å². The zero-order chi connectivity index (χ0) is 24.4. The van der Waals surface area contributed by atoms with E-state index in [2.05, 4.69) is 4.99 Å². The van der Waals surface area contributed by atoms with Crippen molar-refractivity contribution in [2.45, 2.75) is 19.9 Å². The second-order valence-corrected chi connectivity index (χ2v) is 8.91. The minimum Gasteiger partial charge on any atom is -0.497 e. The van der Waals surface area contributed by atoms with Gasteiger partial charge in [-0.05, 0) is 49.8 Å². The SMILES string of the molecule is CCOC(=O)C1=C(C)N=c2sc(=Cc3ccc(Cl)cc3)c(=O)n2C1c1ccc(OC)cc1OC. The second-order valence-electron chi connectivity index (χ2n) is 7.46. The second kappa shape index (κ2) is 9.87. The van der Waals surface area contributed by atoms with Crippen molar-refractivity contribution in [1.29, 1.82) is 0 Å². The lowest BCUT2D eigenvalue weighted by atomic mass is 9.95. The van der Waals surface area contributed by atoms with Gasteiger partial charge in [-0.25, -0.2) is 9.79 Å². The minimum absolute atomic E-state index is 0.197. The van der Waals surface area contributed by atoms with Crippen LogP contribution in [0.25, 0.3) is 6.08 Å². The number of esters is 1. The number of benzene rings is 2. The van der Waals surface area contributed by atoms with Crippen molar-refractivity contribution >= 4 is 35.0 Å². The molecule has 0 bridgehead atoms. The number of allylic oxidation sites excluding steroid dienone is 1. The summed E-state index contributed by atoms with van der Waals surface area (Å²) in [6.45, 7) is 3.67. The van der Waals surface area contributed by atoms with Crippen molar-refractivity contribution in [2.75, 3.05) is 20.8 Å². The molecule has 0 fully saturated rings. The van der Waals surface area contributed by atoms with Gasteiger partial charge >= 0.3 is 5.97 Å². The van der Waals surface area contributed by atoms with E-state index in [9.17, 15) is 9.59 Å². The van der Waals surface area contributed by atoms with Crippen LogP contribution in [0.3, 0.4) is 0 Å². The molecule has 4 rings (SSSR count). The molecule has 3 aromatic rings. The molecule has 0 saturated heterocycles. The van der Waals surface area contributed by atoms with Gasteiger partial charge in [-0.1, -0.05) is 35.1 Å². The predicted octanol–water partition coefficient (Wildman–Crippen LogP) is 3.47. The molecule has 1 atom stereocenters. The zero-order valence-corrected chi connectivity index (χ0v) is 20.7. The standard InChI is InChI=1S/C25H23ClN2O5S/c1-5-33-24(30)21-14(2)27-25-28(22(21)18-11-10-17(31-3)13-19(18)32-4)23(29)20(34-25)12-15-6-8-16(26)9-7-15/h6-13,22H,5H2,1-4H3. The van der Waals surface area contributed by atoms with Crippen molar-refractivity contribution in [3.63, 3.8) is 0 Å². The molecule has 2 heterocycles. The quantitative estimate of drug-likeness (QED) is 0.486. The number of rotatable bonds is 6. The maximum Gasteiger partial charge on any atom is 0.338 e. The summed E-state index contributed by atoms with van der Waals surface area (Å²) in [7, 11) is 3.09. The molecular weight excluding hydrogens is 476 g/mol. The Kier molecular flexibility index (Phi) is 6.90. The monoisotopic (exact) mass is 498 g/mol. The van der Waals surface area contributed by atoms with Gasteiger partial charge in [0, 0.05) is 16.7 Å². The number of aromatic nitrogens is 1. The highest BCUT2D eigenvalue weighted by Crippen LogP contribution is 2.37. The fourth-order valence-electron chi connectivity index (χ4n) is 3.84. The van der Waals surface area contributed by atoms with E-state index < -0.39 is 12.0 Å². The Hall–Kier alpha value is -3.36. The third-order valence-electron chi connectivity index (χ3n) is 5.42. The number of nitrogens with zero attached hydrogens (tertiary/aromatic N) is 2. The summed E-state index contributed by atoms with van der Waals surface area (Å²) in [5.74, 6) is 0.542. The van der Waals surface area contributed by atoms with Gasteiger partial charge < -0.3 is 14.2 Å². The average molecular weight is 499 g/mol. The molecule has 1 aliphatic rings. The first kappa shape index (κ1) is 23.8. The highest BCUT2D eigenvalue weighted by atomic mass is 35.5. The van der Waals surface area contributed by atoms with E-state index in [1.165, 1.54) is 23.0 Å². The van der Waals surface area contributed by atoms with Gasteiger partial charge in [0.2, 0.25) is 0 Å². The van der Waals surface area contributed by atoms with Gasteiger partial charge in [-0.2, -0.15) is 0 Å². The third-order valence-corrected chi connectivity index (χ3v) is 6.65. The first-order chi connectivity index (χ1) is 16.4. The van der Waals surface area contributed by atoms with Gasteiger partial charge in [0.25, 0.3) is 5.56 Å². The Labute approximate surface area is 205 Å². The maximum atomic E-state index is 13.6. The van der Waals surface area contributed by atoms with E-state index in [1.54, 1.807) is 57.4 Å². The minimum atomic E-state index is -0.775. The summed E-state index contributed by atoms with van der Waals surface area (Å²) in [6, 6.07) is 11.7. The molecule has 9 heteroatoms. The van der Waals surface area contributed by atoms with E-state index in [1.807, 2.05) is 12.1 Å². The molecule has 1 aliphatic heterocycles. The summed E-state index contributed by atoms with van der Waals surface area (Å²) >= 11 is 7.25. The summed E-state index contributed by atoms with van der Waals surface area (Å²) in [6.07, 6.45) is 1.78. The van der Waals surface area contributed by atoms with Crippen LogP contribution < -0.4 is 24.4 Å². The molecule has 0 amide bonds. The lowest BCUT2D eigenvalue weighted by Gasteiger charge is -2.26. The summed E-state index contributed by atoms with van der Waals surface area (Å²) < 4.78 is 18.3. The van der Waals surface area contributed by atoms with Crippen LogP contribution in [-0.4, -0.2) is 31.4 Å². The Balaban J connectivity index is 1.99. The fourth-order valence-corrected chi connectivity index (χ4v) is 5.01. The van der Waals surface area contributed by atoms with Crippen LogP contribution in [0.2, 0.25) is 5.02 Å². The number of ether oxygens (including phenoxy) is 3. The van der Waals surface area contributed by atoms with Gasteiger partial charge in [0.05, 0.1) is 36.6 Å². The van der Waals surface area contributed by atoms with Crippen LogP contribution in [0.4, 0.5) is 0 Å². The number of hydrogen-bond acceptors (Lipinski definition) is 7. The van der Waals surface area contributed by atoms with Gasteiger partial charge in [-0.3, -0.25) is 9.36 Å². The Morgan fingerprint density at radius 3 is 2.56 bits per heavy atom. The van der Waals surface area contributed by atoms with Crippen molar-refractivity contribution < 1.29 is 19.0 Å². The first-order valence-electron chi connectivity index (χ1n) is 10.5. The van der Waals surface area contributed by atoms with Gasteiger partial charge in [-0.15, -0.1) is 0 Å². The Bertz CT molecular complexity index is 1450. The number of fused-ring (bicyclic) bond motifs is 1. The molecule has 1 unspecified atom stereocenters. The molecule has 0 spiro atoms. The lowest BCUT2D eigenvalue weighted by molar-refractivity contribution is -0.139. The van der Waals surface area contributed by atoms with Crippen LogP contribution in [0.5, 0.6) is 11.5 Å². The largest absolute Gasteiger partial charge is 0.497 e. The molecule has 176 valence electrons. The number of carbonyl (C=O) groups is 1. The Morgan fingerprint density at radius 2 is 1.91 bits per heavy atom. The van der Waals surface area contributed by atoms with Crippen molar-refractivity contribution in [2.24, 2.45) is 4.99 Å². The highest BCUT2D eigenvalue weighted by molar-refractivity contribution is 7.07. The number of carbonyl (C=O) groups excluding carboxylic acids is 1. The first-order valence-corrected chi connectivity index (χ1v) is 11.7. The number of halogens is 1. The number of methoxy groups -OCH3 is 2. The topological polar surface area (TPSA) is 79.1 Å². The van der Waals surface area contributed by atoms with Gasteiger partial charge in [0.15, 0.2) is 4.80 Å². The predicted molar refractivity (Wildman–Crippen MR) is 131 cm³/mol. The van der Waals surface area contributed by atoms with E-state index in [0.717, 1.165) is 5.56 Å².